The SMILES string of the molecule is CN=C(NCCS(=O)(=O)NC(C)C)NC1CCc2ccccc2C1. The number of nitrogens with one attached hydrogen (secondary N) is 3. The lowest BCUT2D eigenvalue weighted by Gasteiger charge is -2.27. The topological polar surface area (TPSA) is 82.6 Å². The Balaban J connectivity index is 1.81. The van der Waals surface area contributed by atoms with E-state index in [2.05, 4.69) is 44.6 Å². The summed E-state index contributed by atoms with van der Waals surface area (Å²) in [5, 5.41) is 6.49. The number of rotatable bonds is 6. The Labute approximate surface area is 145 Å². The molecule has 1 atom stereocenters. The van der Waals surface area contributed by atoms with Crippen molar-refractivity contribution < 1.29 is 8.42 Å². The maximum atomic E-state index is 11.8. The van der Waals surface area contributed by atoms with Gasteiger partial charge in [0.2, 0.25) is 10.0 Å². The first-order chi connectivity index (χ1) is 11.4. The Morgan fingerprint density at radius 3 is 2.67 bits per heavy atom. The molecule has 3 N–H and O–H groups in total. The molecule has 0 bridgehead atoms. The summed E-state index contributed by atoms with van der Waals surface area (Å²) in [5.41, 5.74) is 2.80. The molecule has 1 unspecified atom stereocenters. The molecule has 0 spiro atoms. The number of hydrogen-bond acceptors (Lipinski definition) is 3. The Morgan fingerprint density at radius 2 is 2.00 bits per heavy atom. The third-order valence-corrected chi connectivity index (χ3v) is 5.56. The first kappa shape index (κ1) is 18.7. The predicted octanol–water partition coefficient (Wildman–Crippen LogP) is 1.04. The van der Waals surface area contributed by atoms with E-state index in [9.17, 15) is 8.42 Å². The van der Waals surface area contributed by atoms with Crippen LogP contribution in [-0.2, 0) is 22.9 Å². The van der Waals surface area contributed by atoms with Crippen molar-refractivity contribution >= 4 is 16.0 Å². The summed E-state index contributed by atoms with van der Waals surface area (Å²) >= 11 is 0. The van der Waals surface area contributed by atoms with Gasteiger partial charge in [0.1, 0.15) is 0 Å². The number of guanidine groups is 1. The summed E-state index contributed by atoms with van der Waals surface area (Å²) < 4.78 is 26.2. The highest BCUT2D eigenvalue weighted by Crippen LogP contribution is 2.20. The quantitative estimate of drug-likeness (QED) is 0.528. The second-order valence-corrected chi connectivity index (χ2v) is 8.32. The largest absolute Gasteiger partial charge is 0.355 e. The molecule has 0 saturated carbocycles. The fourth-order valence-electron chi connectivity index (χ4n) is 2.93. The first-order valence-corrected chi connectivity index (χ1v) is 10.1. The molecule has 7 heteroatoms. The van der Waals surface area contributed by atoms with Crippen LogP contribution in [0.1, 0.15) is 31.4 Å². The van der Waals surface area contributed by atoms with Gasteiger partial charge in [-0.05, 0) is 44.2 Å². The Hall–Kier alpha value is -1.60. The first-order valence-electron chi connectivity index (χ1n) is 8.43. The van der Waals surface area contributed by atoms with Gasteiger partial charge in [0.15, 0.2) is 5.96 Å². The fourth-order valence-corrected chi connectivity index (χ4v) is 4.14. The zero-order chi connectivity index (χ0) is 17.6. The number of fused-ring (bicyclic) bond motifs is 1. The summed E-state index contributed by atoms with van der Waals surface area (Å²) in [7, 11) is -1.55. The average Bonchev–Trinajstić information content (AvgIpc) is 2.52. The number of hydrogen-bond donors (Lipinski definition) is 3. The van der Waals surface area contributed by atoms with E-state index in [0.717, 1.165) is 19.3 Å². The molecule has 1 aromatic carbocycles. The highest BCUT2D eigenvalue weighted by Gasteiger charge is 2.19. The Bertz CT molecular complexity index is 671. The molecule has 134 valence electrons. The number of aliphatic imine (C=N–C) groups is 1. The minimum atomic E-state index is -3.25. The van der Waals surface area contributed by atoms with Gasteiger partial charge in [-0.25, -0.2) is 13.1 Å². The molecule has 1 aromatic rings. The zero-order valence-electron chi connectivity index (χ0n) is 14.7. The molecular formula is C17H28N4O2S. The van der Waals surface area contributed by atoms with Crippen LogP contribution in [0.2, 0.25) is 0 Å². The van der Waals surface area contributed by atoms with E-state index in [0.29, 0.717) is 18.5 Å². The van der Waals surface area contributed by atoms with Gasteiger partial charge in [-0.15, -0.1) is 0 Å². The van der Waals surface area contributed by atoms with E-state index in [1.165, 1.54) is 11.1 Å². The van der Waals surface area contributed by atoms with Crippen molar-refractivity contribution in [3.05, 3.63) is 35.4 Å². The van der Waals surface area contributed by atoms with Gasteiger partial charge < -0.3 is 10.6 Å². The molecule has 0 aromatic heterocycles. The smallest absolute Gasteiger partial charge is 0.213 e. The van der Waals surface area contributed by atoms with Gasteiger partial charge in [0.25, 0.3) is 0 Å². The van der Waals surface area contributed by atoms with Crippen LogP contribution in [0.25, 0.3) is 0 Å². The molecule has 0 amide bonds. The van der Waals surface area contributed by atoms with Crippen molar-refractivity contribution in [1.29, 1.82) is 0 Å². The van der Waals surface area contributed by atoms with E-state index in [-0.39, 0.29) is 11.8 Å². The van der Waals surface area contributed by atoms with E-state index in [1.807, 2.05) is 13.8 Å². The second kappa shape index (κ2) is 8.48. The molecule has 6 nitrogen and oxygen atoms in total. The number of nitrogens with zero attached hydrogens (tertiary/aromatic N) is 1. The molecule has 0 heterocycles. The van der Waals surface area contributed by atoms with Crippen molar-refractivity contribution in [2.45, 2.75) is 45.2 Å². The average molecular weight is 353 g/mol. The standard InChI is InChI=1S/C17H28N4O2S/c1-13(2)21-24(22,23)11-10-19-17(18-3)20-16-9-8-14-6-4-5-7-15(14)12-16/h4-7,13,16,21H,8-12H2,1-3H3,(H2,18,19,20). The minimum absolute atomic E-state index is 0.0272. The van der Waals surface area contributed by atoms with Crippen LogP contribution in [0.4, 0.5) is 0 Å². The van der Waals surface area contributed by atoms with Crippen molar-refractivity contribution in [2.24, 2.45) is 4.99 Å². The van der Waals surface area contributed by atoms with E-state index >= 15 is 0 Å². The highest BCUT2D eigenvalue weighted by atomic mass is 32.2. The summed E-state index contributed by atoms with van der Waals surface area (Å²) in [5.74, 6) is 0.679. The van der Waals surface area contributed by atoms with E-state index in [4.69, 9.17) is 0 Å². The fraction of sp³-hybridized carbons (Fsp3) is 0.588. The van der Waals surface area contributed by atoms with Crippen LogP contribution in [0, 0.1) is 0 Å². The molecule has 0 aliphatic heterocycles. The van der Waals surface area contributed by atoms with Crippen molar-refractivity contribution in [2.75, 3.05) is 19.3 Å². The number of sulfonamides is 1. The lowest BCUT2D eigenvalue weighted by atomic mass is 9.88. The van der Waals surface area contributed by atoms with Crippen LogP contribution >= 0.6 is 0 Å². The van der Waals surface area contributed by atoms with Crippen LogP contribution in [0.5, 0.6) is 0 Å². The maximum Gasteiger partial charge on any atom is 0.213 e. The third kappa shape index (κ3) is 5.79. The van der Waals surface area contributed by atoms with Crippen molar-refractivity contribution in [3.63, 3.8) is 0 Å². The van der Waals surface area contributed by atoms with Crippen LogP contribution in [0.3, 0.4) is 0 Å². The summed E-state index contributed by atoms with van der Waals surface area (Å²) in [4.78, 5) is 4.20. The molecule has 0 fully saturated rings. The second-order valence-electron chi connectivity index (χ2n) is 6.44. The van der Waals surface area contributed by atoms with Crippen LogP contribution in [0.15, 0.2) is 29.3 Å². The van der Waals surface area contributed by atoms with Gasteiger partial charge in [0, 0.05) is 25.7 Å². The molecule has 0 radical (unpaired) electrons. The number of benzene rings is 1. The normalized spacial score (nSPS) is 18.3. The van der Waals surface area contributed by atoms with Gasteiger partial charge in [-0.3, -0.25) is 4.99 Å². The van der Waals surface area contributed by atoms with Gasteiger partial charge in [0.05, 0.1) is 5.75 Å². The summed E-state index contributed by atoms with van der Waals surface area (Å²) in [6.45, 7) is 3.95. The lowest BCUT2D eigenvalue weighted by Crippen LogP contribution is -2.47. The van der Waals surface area contributed by atoms with Crippen LogP contribution < -0.4 is 15.4 Å². The van der Waals surface area contributed by atoms with Crippen LogP contribution in [-0.4, -0.2) is 45.8 Å². The highest BCUT2D eigenvalue weighted by molar-refractivity contribution is 7.89. The Kier molecular flexibility index (Phi) is 6.62. The molecular weight excluding hydrogens is 324 g/mol. The minimum Gasteiger partial charge on any atom is -0.355 e. The molecule has 1 aliphatic rings. The van der Waals surface area contributed by atoms with E-state index in [1.54, 1.807) is 7.05 Å². The monoisotopic (exact) mass is 352 g/mol. The Morgan fingerprint density at radius 1 is 1.29 bits per heavy atom. The molecule has 24 heavy (non-hydrogen) atoms. The van der Waals surface area contributed by atoms with Gasteiger partial charge in [-0.2, -0.15) is 0 Å². The van der Waals surface area contributed by atoms with Crippen molar-refractivity contribution in [1.82, 2.24) is 15.4 Å². The molecule has 1 aliphatic carbocycles. The molecule has 2 rings (SSSR count). The number of aryl methyl sites for hydroxylation is 1. The lowest BCUT2D eigenvalue weighted by molar-refractivity contribution is 0.521. The maximum absolute atomic E-state index is 11.8. The summed E-state index contributed by atoms with van der Waals surface area (Å²) in [6, 6.07) is 8.74. The van der Waals surface area contributed by atoms with E-state index < -0.39 is 10.0 Å². The molecule has 0 saturated heterocycles. The zero-order valence-corrected chi connectivity index (χ0v) is 15.5. The van der Waals surface area contributed by atoms with Crippen molar-refractivity contribution in [3.8, 4) is 0 Å². The van der Waals surface area contributed by atoms with Gasteiger partial charge in [-0.1, -0.05) is 24.3 Å². The third-order valence-electron chi connectivity index (χ3n) is 3.99. The van der Waals surface area contributed by atoms with Gasteiger partial charge >= 0.3 is 0 Å². The summed E-state index contributed by atoms with van der Waals surface area (Å²) in [6.07, 6.45) is 3.06. The predicted molar refractivity (Wildman–Crippen MR) is 98.8 cm³/mol.